The van der Waals surface area contributed by atoms with Gasteiger partial charge in [0.2, 0.25) is 0 Å². The standard InChI is InChI=1S/C30H36NO2/c32-30(26-12-6-2-7-13-26,27-14-8-3-9-15-27)28-16-17-29-19-21-31(29,20-18-28)22-23-33-24-25-10-4-1-5-11-25/h1-15,28-29,32H,16-24H2/q+1. The molecule has 0 saturated carbocycles. The van der Waals surface area contributed by atoms with Crippen LogP contribution in [-0.2, 0) is 16.9 Å². The fourth-order valence-corrected chi connectivity index (χ4v) is 6.20. The van der Waals surface area contributed by atoms with E-state index in [2.05, 4.69) is 48.5 Å². The van der Waals surface area contributed by atoms with Crippen LogP contribution in [0.2, 0.25) is 0 Å². The number of rotatable bonds is 8. The smallest absolute Gasteiger partial charge is 0.118 e. The fourth-order valence-electron chi connectivity index (χ4n) is 6.20. The molecule has 2 saturated heterocycles. The van der Waals surface area contributed by atoms with Gasteiger partial charge in [0, 0.05) is 25.2 Å². The van der Waals surface area contributed by atoms with Gasteiger partial charge in [-0.2, -0.15) is 0 Å². The lowest BCUT2D eigenvalue weighted by Crippen LogP contribution is -2.65. The Bertz CT molecular complexity index is 968. The Labute approximate surface area is 198 Å². The van der Waals surface area contributed by atoms with Gasteiger partial charge >= 0.3 is 0 Å². The van der Waals surface area contributed by atoms with Crippen molar-refractivity contribution in [2.24, 2.45) is 5.92 Å². The summed E-state index contributed by atoms with van der Waals surface area (Å²) in [5.41, 5.74) is 2.33. The van der Waals surface area contributed by atoms with Crippen molar-refractivity contribution in [3.63, 3.8) is 0 Å². The van der Waals surface area contributed by atoms with Gasteiger partial charge in [0.15, 0.2) is 0 Å². The molecule has 3 nitrogen and oxygen atoms in total. The molecule has 2 heterocycles. The maximum absolute atomic E-state index is 12.3. The molecule has 3 aromatic carbocycles. The molecule has 0 bridgehead atoms. The summed E-state index contributed by atoms with van der Waals surface area (Å²) in [6, 6.07) is 31.8. The molecule has 2 fully saturated rings. The molecule has 2 aliphatic heterocycles. The minimum absolute atomic E-state index is 0.216. The lowest BCUT2D eigenvalue weighted by molar-refractivity contribution is -0.988. The molecule has 33 heavy (non-hydrogen) atoms. The normalized spacial score (nSPS) is 25.0. The Hall–Kier alpha value is -2.46. The van der Waals surface area contributed by atoms with Crippen molar-refractivity contribution < 1.29 is 14.3 Å². The van der Waals surface area contributed by atoms with Gasteiger partial charge in [-0.1, -0.05) is 91.0 Å². The third-order valence-electron chi connectivity index (χ3n) is 8.26. The molecule has 172 valence electrons. The number of hydrogen-bond acceptors (Lipinski definition) is 2. The van der Waals surface area contributed by atoms with Gasteiger partial charge in [0.05, 0.1) is 32.3 Å². The molecule has 5 rings (SSSR count). The first-order valence-corrected chi connectivity index (χ1v) is 12.5. The summed E-state index contributed by atoms with van der Waals surface area (Å²) in [6.07, 6.45) is 4.59. The van der Waals surface area contributed by atoms with Crippen molar-refractivity contribution in [1.82, 2.24) is 0 Å². The maximum atomic E-state index is 12.3. The Morgan fingerprint density at radius 2 is 1.30 bits per heavy atom. The third-order valence-corrected chi connectivity index (χ3v) is 8.26. The van der Waals surface area contributed by atoms with E-state index >= 15 is 0 Å². The quantitative estimate of drug-likeness (QED) is 0.367. The first kappa shape index (κ1) is 22.3. The molecule has 0 spiro atoms. The highest BCUT2D eigenvalue weighted by atomic mass is 16.5. The second-order valence-electron chi connectivity index (χ2n) is 9.93. The van der Waals surface area contributed by atoms with E-state index in [1.54, 1.807) is 0 Å². The Morgan fingerprint density at radius 1 is 0.727 bits per heavy atom. The molecular formula is C30H36NO2+. The first-order chi connectivity index (χ1) is 16.2. The van der Waals surface area contributed by atoms with Crippen molar-refractivity contribution >= 4 is 0 Å². The van der Waals surface area contributed by atoms with Crippen LogP contribution in [0.5, 0.6) is 0 Å². The Morgan fingerprint density at radius 3 is 1.88 bits per heavy atom. The van der Waals surface area contributed by atoms with Crippen molar-refractivity contribution in [1.29, 1.82) is 0 Å². The van der Waals surface area contributed by atoms with E-state index in [1.165, 1.54) is 29.4 Å². The number of fused-ring (bicyclic) bond motifs is 1. The van der Waals surface area contributed by atoms with E-state index < -0.39 is 5.60 Å². The molecule has 3 unspecified atom stereocenters. The zero-order chi connectivity index (χ0) is 22.6. The Kier molecular flexibility index (Phi) is 6.64. The topological polar surface area (TPSA) is 29.5 Å². The van der Waals surface area contributed by atoms with Gasteiger partial charge in [0.1, 0.15) is 12.1 Å². The monoisotopic (exact) mass is 442 g/mol. The number of ether oxygens (including phenoxy) is 1. The molecule has 0 amide bonds. The zero-order valence-electron chi connectivity index (χ0n) is 19.5. The minimum Gasteiger partial charge on any atom is -0.380 e. The first-order valence-electron chi connectivity index (χ1n) is 12.5. The molecule has 0 aromatic heterocycles. The average molecular weight is 443 g/mol. The van der Waals surface area contributed by atoms with Crippen molar-refractivity contribution in [2.75, 3.05) is 26.2 Å². The SMILES string of the molecule is OC(c1ccccc1)(c1ccccc1)C1CCC2CC[N+]2(CCOCc2ccccc2)CC1. The van der Waals surface area contributed by atoms with Crippen LogP contribution in [-0.4, -0.2) is 41.9 Å². The predicted octanol–water partition coefficient (Wildman–Crippen LogP) is 5.53. The van der Waals surface area contributed by atoms with Crippen LogP contribution >= 0.6 is 0 Å². The second-order valence-corrected chi connectivity index (χ2v) is 9.93. The van der Waals surface area contributed by atoms with E-state index in [4.69, 9.17) is 4.74 Å². The molecule has 3 atom stereocenters. The Balaban J connectivity index is 1.30. The maximum Gasteiger partial charge on any atom is 0.118 e. The summed E-state index contributed by atoms with van der Waals surface area (Å²) in [4.78, 5) is 0. The zero-order valence-corrected chi connectivity index (χ0v) is 19.5. The fraction of sp³-hybridized carbons (Fsp3) is 0.400. The number of nitrogens with zero attached hydrogens (tertiary/aromatic N) is 1. The summed E-state index contributed by atoms with van der Waals surface area (Å²) < 4.78 is 7.25. The summed E-state index contributed by atoms with van der Waals surface area (Å²) in [5, 5.41) is 12.3. The van der Waals surface area contributed by atoms with Crippen LogP contribution in [0.25, 0.3) is 0 Å². The number of benzene rings is 3. The van der Waals surface area contributed by atoms with Gasteiger partial charge in [-0.25, -0.2) is 0 Å². The van der Waals surface area contributed by atoms with Crippen LogP contribution < -0.4 is 0 Å². The third kappa shape index (κ3) is 4.50. The van der Waals surface area contributed by atoms with Crippen molar-refractivity contribution in [2.45, 2.75) is 43.9 Å². The van der Waals surface area contributed by atoms with E-state index in [-0.39, 0.29) is 5.92 Å². The summed E-state index contributed by atoms with van der Waals surface area (Å²) in [7, 11) is 0. The number of hydrogen-bond donors (Lipinski definition) is 1. The molecular weight excluding hydrogens is 406 g/mol. The lowest BCUT2D eigenvalue weighted by Gasteiger charge is -2.52. The van der Waals surface area contributed by atoms with Gasteiger partial charge < -0.3 is 14.3 Å². The van der Waals surface area contributed by atoms with Crippen LogP contribution in [0.3, 0.4) is 0 Å². The van der Waals surface area contributed by atoms with Gasteiger partial charge in [-0.15, -0.1) is 0 Å². The average Bonchev–Trinajstić information content (AvgIpc) is 2.99. The second kappa shape index (κ2) is 9.80. The van der Waals surface area contributed by atoms with Crippen molar-refractivity contribution in [3.8, 4) is 0 Å². The van der Waals surface area contributed by atoms with Crippen LogP contribution in [0.15, 0.2) is 91.0 Å². The van der Waals surface area contributed by atoms with Crippen LogP contribution in [0.1, 0.15) is 42.4 Å². The molecule has 3 aromatic rings. The molecule has 2 aliphatic rings. The van der Waals surface area contributed by atoms with E-state index in [1.807, 2.05) is 42.5 Å². The predicted molar refractivity (Wildman–Crippen MR) is 133 cm³/mol. The van der Waals surface area contributed by atoms with Gasteiger partial charge in [0.25, 0.3) is 0 Å². The summed E-state index contributed by atoms with van der Waals surface area (Å²) in [6.45, 7) is 4.96. The minimum atomic E-state index is -0.943. The molecule has 3 heteroatoms. The molecule has 1 N–H and O–H groups in total. The van der Waals surface area contributed by atoms with Gasteiger partial charge in [-0.05, 0) is 23.1 Å². The van der Waals surface area contributed by atoms with E-state index in [9.17, 15) is 5.11 Å². The van der Waals surface area contributed by atoms with Crippen molar-refractivity contribution in [3.05, 3.63) is 108 Å². The van der Waals surface area contributed by atoms with E-state index in [0.717, 1.165) is 43.7 Å². The van der Waals surface area contributed by atoms with Crippen LogP contribution in [0.4, 0.5) is 0 Å². The molecule has 0 radical (unpaired) electrons. The van der Waals surface area contributed by atoms with Crippen LogP contribution in [0, 0.1) is 5.92 Å². The van der Waals surface area contributed by atoms with Gasteiger partial charge in [-0.3, -0.25) is 0 Å². The largest absolute Gasteiger partial charge is 0.380 e. The highest BCUT2D eigenvalue weighted by Gasteiger charge is 2.51. The molecule has 0 aliphatic carbocycles. The number of aliphatic hydroxyl groups is 1. The summed E-state index contributed by atoms with van der Waals surface area (Å²) in [5.74, 6) is 0.216. The summed E-state index contributed by atoms with van der Waals surface area (Å²) >= 11 is 0. The highest BCUT2D eigenvalue weighted by molar-refractivity contribution is 5.37. The van der Waals surface area contributed by atoms with E-state index in [0.29, 0.717) is 12.6 Å². The highest BCUT2D eigenvalue weighted by Crippen LogP contribution is 2.46. The lowest BCUT2D eigenvalue weighted by atomic mass is 9.73. The number of quaternary nitrogens is 1.